The smallest absolute Gasteiger partial charge is 0.191 e. The van der Waals surface area contributed by atoms with Crippen molar-refractivity contribution >= 4 is 29.1 Å². The van der Waals surface area contributed by atoms with E-state index in [9.17, 15) is 0 Å². The second kappa shape index (κ2) is 10.6. The summed E-state index contributed by atoms with van der Waals surface area (Å²) in [6.45, 7) is 3.95. The van der Waals surface area contributed by atoms with E-state index in [-0.39, 0.29) is 6.04 Å². The molecule has 1 fully saturated rings. The lowest BCUT2D eigenvalue weighted by atomic mass is 10.2. The number of likely N-dealkylation sites (tertiary alicyclic amines) is 1. The number of thioether (sulfide) groups is 1. The van der Waals surface area contributed by atoms with E-state index in [0.717, 1.165) is 54.4 Å². The number of hydrogen-bond donors (Lipinski definition) is 2. The standard InChI is InChI=1S/C18H27N5OS2/c1-19-17(20-7-5-12-25-18-21-8-13-26-18)22-14-15(16-6-4-11-24-16)23-9-2-3-10-23/h4,6,8,11,13,15H,2-3,5,7,9-10,12,14H2,1H3,(H2,19,20,22). The van der Waals surface area contributed by atoms with E-state index < -0.39 is 0 Å². The Hall–Kier alpha value is -1.51. The Kier molecular flexibility index (Phi) is 7.85. The van der Waals surface area contributed by atoms with Crippen LogP contribution in [0.1, 0.15) is 31.1 Å². The third-order valence-corrected chi connectivity index (χ3v) is 6.44. The number of furan rings is 1. The van der Waals surface area contributed by atoms with Crippen LogP contribution >= 0.6 is 23.1 Å². The van der Waals surface area contributed by atoms with Crippen molar-refractivity contribution in [2.75, 3.05) is 39.0 Å². The summed E-state index contributed by atoms with van der Waals surface area (Å²) in [5.74, 6) is 2.93. The number of thiazole rings is 1. The molecule has 1 aliphatic rings. The van der Waals surface area contributed by atoms with Crippen LogP contribution in [0, 0.1) is 0 Å². The molecule has 8 heteroatoms. The summed E-state index contributed by atoms with van der Waals surface area (Å²) in [4.78, 5) is 11.1. The number of guanidine groups is 1. The van der Waals surface area contributed by atoms with Gasteiger partial charge in [-0.2, -0.15) is 0 Å². The van der Waals surface area contributed by atoms with E-state index in [1.165, 1.54) is 12.8 Å². The van der Waals surface area contributed by atoms with Crippen molar-refractivity contribution in [1.29, 1.82) is 0 Å². The van der Waals surface area contributed by atoms with Crippen molar-refractivity contribution in [3.8, 4) is 0 Å². The lowest BCUT2D eigenvalue weighted by Crippen LogP contribution is -2.42. The number of aliphatic imine (C=N–C) groups is 1. The summed E-state index contributed by atoms with van der Waals surface area (Å²) in [5, 5.41) is 8.88. The Morgan fingerprint density at radius 3 is 3.00 bits per heavy atom. The third kappa shape index (κ3) is 5.75. The van der Waals surface area contributed by atoms with Crippen molar-refractivity contribution in [3.63, 3.8) is 0 Å². The number of nitrogens with zero attached hydrogens (tertiary/aromatic N) is 3. The molecule has 2 N–H and O–H groups in total. The quantitative estimate of drug-likeness (QED) is 0.295. The largest absolute Gasteiger partial charge is 0.468 e. The van der Waals surface area contributed by atoms with Crippen LogP contribution in [0.3, 0.4) is 0 Å². The van der Waals surface area contributed by atoms with Gasteiger partial charge in [-0.15, -0.1) is 11.3 Å². The van der Waals surface area contributed by atoms with Gasteiger partial charge in [0.05, 0.1) is 12.3 Å². The van der Waals surface area contributed by atoms with Crippen molar-refractivity contribution < 1.29 is 4.42 Å². The summed E-state index contributed by atoms with van der Waals surface area (Å²) < 4.78 is 6.81. The lowest BCUT2D eigenvalue weighted by Gasteiger charge is -2.26. The average Bonchev–Trinajstić information content (AvgIpc) is 3.43. The molecule has 1 atom stereocenters. The average molecular weight is 394 g/mol. The minimum atomic E-state index is 0.256. The topological polar surface area (TPSA) is 65.7 Å². The molecule has 2 aromatic heterocycles. The van der Waals surface area contributed by atoms with Crippen molar-refractivity contribution in [3.05, 3.63) is 35.7 Å². The molecule has 0 aliphatic carbocycles. The van der Waals surface area contributed by atoms with Crippen LogP contribution < -0.4 is 10.6 Å². The summed E-state index contributed by atoms with van der Waals surface area (Å²) in [6.07, 6.45) is 7.21. The summed E-state index contributed by atoms with van der Waals surface area (Å²) in [6, 6.07) is 4.29. The predicted octanol–water partition coefficient (Wildman–Crippen LogP) is 3.22. The zero-order valence-corrected chi connectivity index (χ0v) is 16.8. The van der Waals surface area contributed by atoms with Crippen LogP contribution in [-0.4, -0.2) is 54.8 Å². The molecule has 0 saturated carbocycles. The molecule has 3 rings (SSSR count). The first-order valence-electron chi connectivity index (χ1n) is 9.11. The Balaban J connectivity index is 1.40. The van der Waals surface area contributed by atoms with E-state index in [1.54, 1.807) is 17.6 Å². The van der Waals surface area contributed by atoms with Gasteiger partial charge in [-0.3, -0.25) is 9.89 Å². The van der Waals surface area contributed by atoms with Crippen LogP contribution in [-0.2, 0) is 0 Å². The molecular weight excluding hydrogens is 366 g/mol. The first-order chi connectivity index (χ1) is 12.9. The first-order valence-corrected chi connectivity index (χ1v) is 11.0. The minimum Gasteiger partial charge on any atom is -0.468 e. The number of rotatable bonds is 9. The van der Waals surface area contributed by atoms with Crippen LogP contribution in [0.15, 0.2) is 43.7 Å². The zero-order valence-electron chi connectivity index (χ0n) is 15.2. The Bertz CT molecular complexity index is 639. The van der Waals surface area contributed by atoms with Crippen LogP contribution in [0.4, 0.5) is 0 Å². The maximum absolute atomic E-state index is 5.67. The summed E-state index contributed by atoms with van der Waals surface area (Å²) in [5.41, 5.74) is 0. The molecule has 0 spiro atoms. The third-order valence-electron chi connectivity index (χ3n) is 4.39. The van der Waals surface area contributed by atoms with E-state index >= 15 is 0 Å². The molecule has 1 unspecified atom stereocenters. The van der Waals surface area contributed by atoms with Crippen LogP contribution in [0.5, 0.6) is 0 Å². The second-order valence-electron chi connectivity index (χ2n) is 6.15. The van der Waals surface area contributed by atoms with Gasteiger partial charge in [-0.1, -0.05) is 11.8 Å². The predicted molar refractivity (Wildman–Crippen MR) is 109 cm³/mol. The highest BCUT2D eigenvalue weighted by molar-refractivity contribution is 8.00. The van der Waals surface area contributed by atoms with E-state index in [1.807, 2.05) is 36.5 Å². The lowest BCUT2D eigenvalue weighted by molar-refractivity contribution is 0.215. The van der Waals surface area contributed by atoms with E-state index in [4.69, 9.17) is 4.42 Å². The highest BCUT2D eigenvalue weighted by atomic mass is 32.2. The molecule has 1 aliphatic heterocycles. The summed E-state index contributed by atoms with van der Waals surface area (Å²) >= 11 is 3.50. The highest BCUT2D eigenvalue weighted by Gasteiger charge is 2.25. The van der Waals surface area contributed by atoms with Gasteiger partial charge in [0, 0.05) is 37.5 Å². The number of hydrogen-bond acceptors (Lipinski definition) is 6. The molecule has 6 nitrogen and oxygen atoms in total. The molecule has 0 aromatic carbocycles. The molecule has 0 amide bonds. The van der Waals surface area contributed by atoms with Gasteiger partial charge in [0.25, 0.3) is 0 Å². The Morgan fingerprint density at radius 2 is 2.31 bits per heavy atom. The van der Waals surface area contributed by atoms with Crippen molar-refractivity contribution in [2.24, 2.45) is 4.99 Å². The van der Waals surface area contributed by atoms with E-state index in [2.05, 4.69) is 31.6 Å². The Morgan fingerprint density at radius 1 is 1.42 bits per heavy atom. The van der Waals surface area contributed by atoms with Crippen molar-refractivity contribution in [1.82, 2.24) is 20.5 Å². The monoisotopic (exact) mass is 393 g/mol. The van der Waals surface area contributed by atoms with Crippen molar-refractivity contribution in [2.45, 2.75) is 29.6 Å². The zero-order chi connectivity index (χ0) is 18.0. The SMILES string of the molecule is CN=C(NCCCSc1nccs1)NCC(c1ccco1)N1CCCC1. The van der Waals surface area contributed by atoms with Gasteiger partial charge < -0.3 is 15.1 Å². The number of nitrogens with one attached hydrogen (secondary N) is 2. The van der Waals surface area contributed by atoms with Crippen LogP contribution in [0.2, 0.25) is 0 Å². The molecule has 0 radical (unpaired) electrons. The maximum atomic E-state index is 5.67. The van der Waals surface area contributed by atoms with Gasteiger partial charge in [-0.25, -0.2) is 4.98 Å². The molecule has 26 heavy (non-hydrogen) atoms. The molecule has 2 aromatic rings. The second-order valence-corrected chi connectivity index (χ2v) is 8.39. The first kappa shape index (κ1) is 19.3. The van der Waals surface area contributed by atoms with E-state index in [0.29, 0.717) is 0 Å². The molecule has 142 valence electrons. The molecular formula is C18H27N5OS2. The van der Waals surface area contributed by atoms with Crippen LogP contribution in [0.25, 0.3) is 0 Å². The fourth-order valence-corrected chi connectivity index (χ4v) is 4.73. The minimum absolute atomic E-state index is 0.256. The van der Waals surface area contributed by atoms with Gasteiger partial charge in [0.15, 0.2) is 5.96 Å². The summed E-state index contributed by atoms with van der Waals surface area (Å²) in [7, 11) is 1.82. The van der Waals surface area contributed by atoms with Gasteiger partial charge >= 0.3 is 0 Å². The maximum Gasteiger partial charge on any atom is 0.191 e. The molecule has 1 saturated heterocycles. The fourth-order valence-electron chi connectivity index (χ4n) is 3.08. The fraction of sp³-hybridized carbons (Fsp3) is 0.556. The molecule has 3 heterocycles. The highest BCUT2D eigenvalue weighted by Crippen LogP contribution is 2.24. The number of aromatic nitrogens is 1. The Labute approximate surface area is 163 Å². The van der Waals surface area contributed by atoms with Gasteiger partial charge in [0.2, 0.25) is 0 Å². The normalized spacial score (nSPS) is 16.7. The van der Waals surface area contributed by atoms with Gasteiger partial charge in [0.1, 0.15) is 10.1 Å². The van der Waals surface area contributed by atoms with Gasteiger partial charge in [-0.05, 0) is 44.5 Å². The molecule has 0 bridgehead atoms.